The van der Waals surface area contributed by atoms with Crippen molar-refractivity contribution < 1.29 is 0 Å². The predicted octanol–water partition coefficient (Wildman–Crippen LogP) is 13.4. The van der Waals surface area contributed by atoms with E-state index in [9.17, 15) is 0 Å². The van der Waals surface area contributed by atoms with Gasteiger partial charge in [0.25, 0.3) is 0 Å². The van der Waals surface area contributed by atoms with Crippen LogP contribution < -0.4 is 15.3 Å². The molecule has 1 aliphatic carbocycles. The van der Waals surface area contributed by atoms with Gasteiger partial charge in [0, 0.05) is 45.0 Å². The summed E-state index contributed by atoms with van der Waals surface area (Å²) < 4.78 is 2.37. The molecule has 8 aromatic rings. The summed E-state index contributed by atoms with van der Waals surface area (Å²) in [6.07, 6.45) is 11.9. The van der Waals surface area contributed by atoms with Crippen molar-refractivity contribution in [2.75, 3.05) is 11.4 Å². The second-order valence-corrected chi connectivity index (χ2v) is 16.1. The molecular weight excluding hydrogens is 713 g/mol. The maximum atomic E-state index is 4.01. The fourth-order valence-electron chi connectivity index (χ4n) is 9.19. The molecule has 0 unspecified atom stereocenters. The molecule has 7 aromatic carbocycles. The highest BCUT2D eigenvalue weighted by Gasteiger charge is 2.35. The lowest BCUT2D eigenvalue weighted by molar-refractivity contribution is 0.660. The summed E-state index contributed by atoms with van der Waals surface area (Å²) in [5, 5.41) is 4.86. The van der Waals surface area contributed by atoms with Crippen LogP contribution in [0.5, 0.6) is 0 Å². The lowest BCUT2D eigenvalue weighted by Crippen LogP contribution is -2.33. The van der Waals surface area contributed by atoms with E-state index in [0.717, 1.165) is 17.3 Å². The fraction of sp³-hybridized carbons (Fsp3) is 0.123. The standard InChI is InChI=1S/C57H50N2/c1-6-18-41(45-31-35-50-49-25-13-15-27-53(49)57(4,5)54(50)39-45)21-17-37-58(40(3)48-24-12-11-20-43(48)19-7-2)46-33-29-42(30-34-46)44-32-36-56-52(38-44)51-26-14-16-28-55(51)59(56)47-22-9-8-10-23-47/h7-36,38-39H,2,6,37H2,1,3-5H3/b21-17-,41-18+,43-19-,48-40+. The number of aromatic nitrogens is 1. The molecule has 0 radical (unpaired) electrons. The SMILES string of the molecule is C=C/C=c1/cccc/c1=C(/C)N(C/C=C\C(=C/CC)c1ccc2c(c1)C(C)(C)c1ccccc1-2)c1ccc(-c2ccc3c(c2)c2ccccc2n3-c2ccccc2)cc1. The third-order valence-electron chi connectivity index (χ3n) is 12.2. The van der Waals surface area contributed by atoms with Crippen molar-refractivity contribution in [1.29, 1.82) is 0 Å². The number of rotatable bonds is 10. The number of allylic oxidation sites excluding steroid dienone is 4. The highest BCUT2D eigenvalue weighted by atomic mass is 15.1. The molecule has 0 bridgehead atoms. The second-order valence-electron chi connectivity index (χ2n) is 16.1. The summed E-state index contributed by atoms with van der Waals surface area (Å²) in [7, 11) is 0. The van der Waals surface area contributed by atoms with E-state index in [1.807, 2.05) is 6.08 Å². The normalized spacial score (nSPS) is 14.2. The average molecular weight is 763 g/mol. The minimum absolute atomic E-state index is 0.0410. The maximum absolute atomic E-state index is 4.01. The molecule has 0 N–H and O–H groups in total. The van der Waals surface area contributed by atoms with Gasteiger partial charge in [-0.3, -0.25) is 0 Å². The maximum Gasteiger partial charge on any atom is 0.0541 e. The smallest absolute Gasteiger partial charge is 0.0541 e. The van der Waals surface area contributed by atoms with Crippen molar-refractivity contribution in [2.45, 2.75) is 39.5 Å². The number of fused-ring (bicyclic) bond motifs is 6. The molecule has 288 valence electrons. The minimum Gasteiger partial charge on any atom is -0.341 e. The molecule has 2 heteroatoms. The van der Waals surface area contributed by atoms with Crippen LogP contribution in [0.1, 0.15) is 50.8 Å². The van der Waals surface area contributed by atoms with Crippen LogP contribution in [0.4, 0.5) is 5.69 Å². The van der Waals surface area contributed by atoms with Crippen LogP contribution in [0.3, 0.4) is 0 Å². The van der Waals surface area contributed by atoms with E-state index >= 15 is 0 Å². The number of hydrogen-bond acceptors (Lipinski definition) is 1. The van der Waals surface area contributed by atoms with Crippen LogP contribution in [0, 0.1) is 0 Å². The second kappa shape index (κ2) is 15.8. The molecule has 0 amide bonds. The van der Waals surface area contributed by atoms with E-state index < -0.39 is 0 Å². The Morgan fingerprint density at radius 3 is 2.17 bits per heavy atom. The zero-order valence-electron chi connectivity index (χ0n) is 34.5. The van der Waals surface area contributed by atoms with Gasteiger partial charge in [0.05, 0.1) is 11.0 Å². The van der Waals surface area contributed by atoms with Gasteiger partial charge in [0.15, 0.2) is 0 Å². The topological polar surface area (TPSA) is 8.17 Å². The van der Waals surface area contributed by atoms with Gasteiger partial charge in [0.1, 0.15) is 0 Å². The van der Waals surface area contributed by atoms with Crippen molar-refractivity contribution in [3.63, 3.8) is 0 Å². The Labute approximate surface area is 348 Å². The van der Waals surface area contributed by atoms with Crippen molar-refractivity contribution in [2.24, 2.45) is 0 Å². The molecular formula is C57H50N2. The molecule has 0 spiro atoms. The summed E-state index contributed by atoms with van der Waals surface area (Å²) in [4.78, 5) is 2.43. The number of nitrogens with zero attached hydrogens (tertiary/aromatic N) is 2. The first-order chi connectivity index (χ1) is 28.9. The summed E-state index contributed by atoms with van der Waals surface area (Å²) >= 11 is 0. The number of hydrogen-bond donors (Lipinski definition) is 0. The molecule has 0 saturated heterocycles. The van der Waals surface area contributed by atoms with E-state index in [2.05, 4.69) is 232 Å². The van der Waals surface area contributed by atoms with Crippen LogP contribution in [0.2, 0.25) is 0 Å². The van der Waals surface area contributed by atoms with Gasteiger partial charge in [-0.05, 0) is 112 Å². The third-order valence-corrected chi connectivity index (χ3v) is 12.2. The van der Waals surface area contributed by atoms with Gasteiger partial charge in [-0.2, -0.15) is 0 Å². The first-order valence-electron chi connectivity index (χ1n) is 20.8. The molecule has 1 heterocycles. The Bertz CT molecular complexity index is 3050. The van der Waals surface area contributed by atoms with Crippen LogP contribution >= 0.6 is 0 Å². The Morgan fingerprint density at radius 1 is 0.661 bits per heavy atom. The zero-order valence-corrected chi connectivity index (χ0v) is 34.5. The van der Waals surface area contributed by atoms with Crippen LogP contribution in [-0.4, -0.2) is 11.1 Å². The number of para-hydroxylation sites is 2. The molecule has 9 rings (SSSR count). The minimum atomic E-state index is -0.0410. The Hall–Kier alpha value is -6.90. The van der Waals surface area contributed by atoms with Gasteiger partial charge in [-0.15, -0.1) is 0 Å². The fourth-order valence-corrected chi connectivity index (χ4v) is 9.19. The van der Waals surface area contributed by atoms with Crippen LogP contribution in [-0.2, 0) is 5.41 Å². The molecule has 0 fully saturated rings. The quantitative estimate of drug-likeness (QED) is 0.126. The predicted molar refractivity (Wildman–Crippen MR) is 254 cm³/mol. The first kappa shape index (κ1) is 37.7. The largest absolute Gasteiger partial charge is 0.341 e. The first-order valence-corrected chi connectivity index (χ1v) is 20.8. The molecule has 0 saturated carbocycles. The van der Waals surface area contributed by atoms with Gasteiger partial charge in [-0.25, -0.2) is 0 Å². The molecule has 0 aliphatic heterocycles. The summed E-state index contributed by atoms with van der Waals surface area (Å²) in [6.45, 7) is 13.9. The van der Waals surface area contributed by atoms with E-state index in [-0.39, 0.29) is 5.41 Å². The Kier molecular flexibility index (Phi) is 10.1. The summed E-state index contributed by atoms with van der Waals surface area (Å²) in [6, 6.07) is 59.8. The van der Waals surface area contributed by atoms with Crippen molar-refractivity contribution in [3.8, 4) is 27.9 Å². The van der Waals surface area contributed by atoms with E-state index in [1.54, 1.807) is 0 Å². The van der Waals surface area contributed by atoms with Gasteiger partial charge < -0.3 is 9.47 Å². The molecule has 2 nitrogen and oxygen atoms in total. The van der Waals surface area contributed by atoms with Crippen molar-refractivity contribution in [1.82, 2.24) is 4.57 Å². The van der Waals surface area contributed by atoms with Crippen molar-refractivity contribution >= 4 is 44.8 Å². The number of benzene rings is 7. The highest BCUT2D eigenvalue weighted by Crippen LogP contribution is 2.49. The lowest BCUT2D eigenvalue weighted by atomic mass is 9.81. The Balaban J connectivity index is 1.07. The molecule has 1 aromatic heterocycles. The summed E-state index contributed by atoms with van der Waals surface area (Å²) in [5.74, 6) is 0. The third kappa shape index (κ3) is 6.85. The van der Waals surface area contributed by atoms with Gasteiger partial charge >= 0.3 is 0 Å². The average Bonchev–Trinajstić information content (AvgIpc) is 3.73. The molecule has 59 heavy (non-hydrogen) atoms. The van der Waals surface area contributed by atoms with Crippen molar-refractivity contribution in [3.05, 3.63) is 222 Å². The van der Waals surface area contributed by atoms with Gasteiger partial charge in [-0.1, -0.05) is 173 Å². The van der Waals surface area contributed by atoms with E-state index in [1.165, 1.54) is 82.9 Å². The highest BCUT2D eigenvalue weighted by molar-refractivity contribution is 6.10. The monoisotopic (exact) mass is 762 g/mol. The lowest BCUT2D eigenvalue weighted by Gasteiger charge is -2.25. The zero-order chi connectivity index (χ0) is 40.5. The van der Waals surface area contributed by atoms with Crippen LogP contribution in [0.25, 0.3) is 67.1 Å². The molecule has 0 atom stereocenters. The van der Waals surface area contributed by atoms with E-state index in [4.69, 9.17) is 0 Å². The Morgan fingerprint density at radius 2 is 1.36 bits per heavy atom. The van der Waals surface area contributed by atoms with E-state index in [0.29, 0.717) is 6.54 Å². The molecule has 1 aliphatic rings. The number of anilines is 1. The summed E-state index contributed by atoms with van der Waals surface area (Å²) in [5.41, 5.74) is 16.3. The van der Waals surface area contributed by atoms with Crippen LogP contribution in [0.15, 0.2) is 195 Å². The van der Waals surface area contributed by atoms with Gasteiger partial charge in [0.2, 0.25) is 0 Å².